The molecule has 2 unspecified atom stereocenters. The minimum Gasteiger partial charge on any atom is -0.481 e. The molecule has 0 aromatic heterocycles. The molecule has 0 fully saturated rings. The molecule has 0 saturated heterocycles. The van der Waals surface area contributed by atoms with E-state index in [1.165, 1.54) is 102 Å². The Morgan fingerprint density at radius 2 is 1.41 bits per heavy atom. The number of ether oxygens (including phenoxy) is 1. The second kappa shape index (κ2) is 20.1. The van der Waals surface area contributed by atoms with E-state index in [1.54, 1.807) is 0 Å². The van der Waals surface area contributed by atoms with E-state index in [4.69, 9.17) is 19.5 Å². The summed E-state index contributed by atoms with van der Waals surface area (Å²) in [6.07, 6.45) is 14.6. The summed E-state index contributed by atoms with van der Waals surface area (Å²) in [4.78, 5) is 20.0. The zero-order chi connectivity index (χ0) is 25.8. The van der Waals surface area contributed by atoms with Crippen molar-refractivity contribution in [2.75, 3.05) is 0 Å². The summed E-state index contributed by atoms with van der Waals surface area (Å²) in [7, 11) is -4.84. The molecule has 0 radical (unpaired) electrons. The Hall–Kier alpha value is -1.13. The number of unbranched alkanes of at least 4 members (excludes halogenated alkanes) is 9. The molecule has 1 aromatic rings. The molecule has 3 N–H and O–H groups in total. The monoisotopic (exact) mass is 510 g/mol. The van der Waals surface area contributed by atoms with Gasteiger partial charge in [-0.25, -0.2) is 0 Å². The van der Waals surface area contributed by atoms with Gasteiger partial charge in [0.25, 0.3) is 10.1 Å². The number of rotatable bonds is 18. The maximum atomic E-state index is 10.2. The van der Waals surface area contributed by atoms with Crippen LogP contribution in [-0.2, 0) is 19.7 Å². The largest absolute Gasteiger partial charge is 0.481 e. The van der Waals surface area contributed by atoms with Crippen LogP contribution in [0.4, 0.5) is 0 Å². The number of para-hydroxylation sites is 1. The average Bonchev–Trinajstić information content (AvgIpc) is 2.78. The fourth-order valence-corrected chi connectivity index (χ4v) is 4.56. The molecule has 0 amide bonds. The van der Waals surface area contributed by atoms with Crippen LogP contribution in [0, 0.1) is 0 Å². The SMILES string of the molecule is CCCCCCCCCCCCC([CH2][Na])Oc1ccccc1.O=C(O)CC(C(=O)O)S(=O)(=O)O. The predicted octanol–water partition coefficient (Wildman–Crippen LogP) is 5.13. The first-order valence-electron chi connectivity index (χ1n) is 12.2. The van der Waals surface area contributed by atoms with Gasteiger partial charge in [0.15, 0.2) is 5.25 Å². The summed E-state index contributed by atoms with van der Waals surface area (Å²) in [5.74, 6) is -2.46. The topological polar surface area (TPSA) is 138 Å². The number of hydrogen-bond donors (Lipinski definition) is 3. The van der Waals surface area contributed by atoms with Crippen molar-refractivity contribution >= 4 is 50.0 Å². The Labute approximate surface area is 221 Å². The summed E-state index contributed by atoms with van der Waals surface area (Å²) in [6.45, 7) is 2.29. The van der Waals surface area contributed by atoms with Gasteiger partial charge in [-0.2, -0.15) is 8.42 Å². The molecule has 0 aliphatic rings. The van der Waals surface area contributed by atoms with Gasteiger partial charge in [-0.3, -0.25) is 14.1 Å². The normalized spacial score (nSPS) is 12.8. The number of hydrogen-bond acceptors (Lipinski definition) is 5. The van der Waals surface area contributed by atoms with Gasteiger partial charge in [0.1, 0.15) is 0 Å². The smallest absolute Gasteiger partial charge is 0.325 e. The summed E-state index contributed by atoms with van der Waals surface area (Å²) >= 11 is 1.23. The van der Waals surface area contributed by atoms with Gasteiger partial charge < -0.3 is 10.2 Å². The van der Waals surface area contributed by atoms with Crippen LogP contribution in [0.25, 0.3) is 0 Å². The van der Waals surface area contributed by atoms with Crippen LogP contribution in [0.3, 0.4) is 0 Å². The van der Waals surface area contributed by atoms with Gasteiger partial charge in [0.05, 0.1) is 6.42 Å². The number of carbonyl (C=O) groups is 2. The number of carboxylic acids is 2. The third-order valence-corrected chi connectivity index (χ3v) is 7.37. The van der Waals surface area contributed by atoms with Crippen LogP contribution in [0.5, 0.6) is 5.75 Å². The second-order valence-electron chi connectivity index (χ2n) is 8.37. The summed E-state index contributed by atoms with van der Waals surface area (Å²) < 4.78 is 36.0. The Morgan fingerprint density at radius 3 is 1.79 bits per heavy atom. The zero-order valence-corrected chi connectivity index (χ0v) is 23.3. The first-order valence-corrected chi connectivity index (χ1v) is 15.2. The molecule has 1 aromatic carbocycles. The van der Waals surface area contributed by atoms with E-state index in [2.05, 4.69) is 31.2 Å². The number of aliphatic carboxylic acids is 2. The molecule has 10 heteroatoms. The van der Waals surface area contributed by atoms with Crippen LogP contribution < -0.4 is 4.74 Å². The van der Waals surface area contributed by atoms with Gasteiger partial charge in [-0.1, -0.05) is 13.3 Å². The minimum atomic E-state index is -4.84. The van der Waals surface area contributed by atoms with Crippen molar-refractivity contribution in [3.05, 3.63) is 30.3 Å². The van der Waals surface area contributed by atoms with Crippen molar-refractivity contribution in [1.29, 1.82) is 0 Å². The number of carboxylic acid groups (broad SMARTS) is 2. The Balaban J connectivity index is 0.000000770. The van der Waals surface area contributed by atoms with Crippen molar-refractivity contribution in [3.8, 4) is 5.75 Å². The van der Waals surface area contributed by atoms with Crippen LogP contribution in [0.15, 0.2) is 30.3 Å². The molecular weight excluding hydrogens is 471 g/mol. The predicted molar refractivity (Wildman–Crippen MR) is 133 cm³/mol. The van der Waals surface area contributed by atoms with Gasteiger partial charge in [0.2, 0.25) is 0 Å². The minimum absolute atomic E-state index is 0.447. The van der Waals surface area contributed by atoms with E-state index in [-0.39, 0.29) is 0 Å². The van der Waals surface area contributed by atoms with E-state index in [0.717, 1.165) is 5.75 Å². The van der Waals surface area contributed by atoms with E-state index >= 15 is 0 Å². The molecule has 1 rings (SSSR count). The molecular formula is C24H39NaO8S. The quantitative estimate of drug-likeness (QED) is 0.140. The van der Waals surface area contributed by atoms with Crippen molar-refractivity contribution in [2.45, 2.75) is 99.0 Å². The summed E-state index contributed by atoms with van der Waals surface area (Å²) in [5.41, 5.74) is 0. The maximum absolute atomic E-state index is 10.2. The third kappa shape index (κ3) is 18.2. The summed E-state index contributed by atoms with van der Waals surface area (Å²) in [5, 5.41) is 13.9. The van der Waals surface area contributed by atoms with Gasteiger partial charge in [0, 0.05) is 0 Å². The molecule has 0 bridgehead atoms. The fraction of sp³-hybridized carbons (Fsp3) is 0.667. The van der Waals surface area contributed by atoms with E-state index < -0.39 is 33.7 Å². The van der Waals surface area contributed by atoms with Gasteiger partial charge in [-0.15, -0.1) is 0 Å². The van der Waals surface area contributed by atoms with Gasteiger partial charge in [-0.05, 0) is 0 Å². The zero-order valence-electron chi connectivity index (χ0n) is 20.5. The van der Waals surface area contributed by atoms with Crippen molar-refractivity contribution in [2.24, 2.45) is 0 Å². The number of benzene rings is 1. The first-order chi connectivity index (χ1) is 16.1. The van der Waals surface area contributed by atoms with E-state index in [0.29, 0.717) is 6.10 Å². The summed E-state index contributed by atoms with van der Waals surface area (Å²) in [6, 6.07) is 10.3. The Kier molecular flexibility index (Phi) is 19.4. The van der Waals surface area contributed by atoms with Crippen molar-refractivity contribution in [1.82, 2.24) is 0 Å². The maximum Gasteiger partial charge on any atom is 0.325 e. The molecule has 0 aliphatic heterocycles. The molecule has 0 aliphatic carbocycles. The molecule has 34 heavy (non-hydrogen) atoms. The molecule has 0 saturated carbocycles. The third-order valence-electron chi connectivity index (χ3n) is 5.38. The average molecular weight is 511 g/mol. The van der Waals surface area contributed by atoms with Crippen LogP contribution in [0.2, 0.25) is 3.67 Å². The van der Waals surface area contributed by atoms with Crippen LogP contribution in [-0.4, -0.2) is 74.4 Å². The van der Waals surface area contributed by atoms with E-state index in [1.807, 2.05) is 6.07 Å². The van der Waals surface area contributed by atoms with E-state index in [9.17, 15) is 18.0 Å². The molecule has 190 valence electrons. The van der Waals surface area contributed by atoms with Crippen molar-refractivity contribution in [3.63, 3.8) is 0 Å². The molecule has 8 nitrogen and oxygen atoms in total. The molecule has 2 atom stereocenters. The molecule has 0 heterocycles. The second-order valence-corrected chi connectivity index (χ2v) is 10.8. The van der Waals surface area contributed by atoms with Crippen LogP contribution in [0.1, 0.15) is 84.0 Å². The van der Waals surface area contributed by atoms with Crippen LogP contribution >= 0.6 is 0 Å². The Bertz CT molecular complexity index is 770. The fourth-order valence-electron chi connectivity index (χ4n) is 3.38. The standard InChI is InChI=1S/C20H33O.C4H6O7S.Na/c1-3-4-5-6-7-8-9-10-11-13-16-19(2)21-20-17-14-12-15-18-20;5-3(6)1-2(4(7)8)12(9,10)11;/h12,14-15,17-19H,2-11,13,16H2,1H3;2H,1H2,(H,5,6)(H,7,8)(H,9,10,11);. The van der Waals surface area contributed by atoms with Gasteiger partial charge >= 0.3 is 155 Å². The van der Waals surface area contributed by atoms with Crippen molar-refractivity contribution < 1.29 is 37.5 Å². The first kappa shape index (κ1) is 32.9. The molecule has 0 spiro atoms. The Morgan fingerprint density at radius 1 is 0.912 bits per heavy atom.